The number of aromatic nitrogens is 1. The van der Waals surface area contributed by atoms with Crippen molar-refractivity contribution in [2.75, 3.05) is 19.1 Å². The molecule has 0 aliphatic rings. The summed E-state index contributed by atoms with van der Waals surface area (Å²) >= 11 is 1.12. The number of para-hydroxylation sites is 2. The summed E-state index contributed by atoms with van der Waals surface area (Å²) in [4.78, 5) is 38.0. The minimum Gasteiger partial charge on any atom is -0.465 e. The largest absolute Gasteiger partial charge is 0.465 e. The van der Waals surface area contributed by atoms with E-state index in [1.807, 2.05) is 102 Å². The van der Waals surface area contributed by atoms with Gasteiger partial charge >= 0.3 is 11.9 Å². The number of esters is 2. The Bertz CT molecular complexity index is 1640. The van der Waals surface area contributed by atoms with Crippen molar-refractivity contribution >= 4 is 45.5 Å². The summed E-state index contributed by atoms with van der Waals surface area (Å²) in [5.74, 6) is -0.731. The van der Waals surface area contributed by atoms with Gasteiger partial charge in [-0.15, -0.1) is 11.3 Å². The van der Waals surface area contributed by atoms with Crippen LogP contribution in [0.25, 0.3) is 11.3 Å². The molecule has 0 saturated carbocycles. The molecule has 0 fully saturated rings. The fraction of sp³-hybridized carbons (Fsp3) is 0.0625. The van der Waals surface area contributed by atoms with Gasteiger partial charge in [-0.2, -0.15) is 0 Å². The molecule has 0 N–H and O–H groups in total. The number of benzene rings is 3. The molecule has 0 spiro atoms. The van der Waals surface area contributed by atoms with Crippen molar-refractivity contribution in [3.05, 3.63) is 131 Å². The fourth-order valence-electron chi connectivity index (χ4n) is 4.23. The highest BCUT2D eigenvalue weighted by atomic mass is 32.1. The Morgan fingerprint density at radius 2 is 1.35 bits per heavy atom. The molecule has 0 unspecified atom stereocenters. The van der Waals surface area contributed by atoms with Gasteiger partial charge in [0.1, 0.15) is 15.7 Å². The SMILES string of the molecule is COC(=O)c1sc(N(C(=Nc2ccccc2)c2ccccc2)c2ccccc2)c(-c2ccccn2)c1C(=O)OC. The minimum absolute atomic E-state index is 0.0844. The zero-order valence-electron chi connectivity index (χ0n) is 21.9. The molecule has 0 saturated heterocycles. The number of hydrogen-bond acceptors (Lipinski definition) is 7. The number of ether oxygens (including phenoxy) is 2. The van der Waals surface area contributed by atoms with Crippen LogP contribution in [0, 0.1) is 0 Å². The van der Waals surface area contributed by atoms with Crippen LogP contribution in [0.1, 0.15) is 25.6 Å². The molecule has 0 radical (unpaired) electrons. The van der Waals surface area contributed by atoms with E-state index in [0.29, 0.717) is 22.1 Å². The monoisotopic (exact) mass is 547 g/mol. The van der Waals surface area contributed by atoms with Crippen LogP contribution in [0.15, 0.2) is 120 Å². The summed E-state index contributed by atoms with van der Waals surface area (Å²) in [6.45, 7) is 0. The number of carbonyl (C=O) groups excluding carboxylic acids is 2. The number of aliphatic imine (C=N–C) groups is 1. The van der Waals surface area contributed by atoms with E-state index in [2.05, 4.69) is 4.98 Å². The van der Waals surface area contributed by atoms with Crippen LogP contribution in [-0.2, 0) is 9.47 Å². The van der Waals surface area contributed by atoms with Crippen molar-refractivity contribution in [3.63, 3.8) is 0 Å². The first-order chi connectivity index (χ1) is 19.6. The number of thiophene rings is 1. The zero-order valence-corrected chi connectivity index (χ0v) is 22.7. The van der Waals surface area contributed by atoms with Crippen molar-refractivity contribution in [2.24, 2.45) is 4.99 Å². The number of amidine groups is 1. The zero-order chi connectivity index (χ0) is 27.9. The molecule has 8 heteroatoms. The van der Waals surface area contributed by atoms with Gasteiger partial charge in [0, 0.05) is 17.4 Å². The van der Waals surface area contributed by atoms with Crippen molar-refractivity contribution in [3.8, 4) is 11.3 Å². The maximum atomic E-state index is 13.3. The van der Waals surface area contributed by atoms with Gasteiger partial charge in [-0.25, -0.2) is 14.6 Å². The molecule has 0 amide bonds. The summed E-state index contributed by atoms with van der Waals surface area (Å²) in [6.07, 6.45) is 1.64. The van der Waals surface area contributed by atoms with Gasteiger partial charge in [0.25, 0.3) is 0 Å². The predicted molar refractivity (Wildman–Crippen MR) is 158 cm³/mol. The van der Waals surface area contributed by atoms with E-state index in [1.54, 1.807) is 18.3 Å². The predicted octanol–water partition coefficient (Wildman–Crippen LogP) is 7.30. The summed E-state index contributed by atoms with van der Waals surface area (Å²) < 4.78 is 10.3. The Balaban J connectivity index is 1.90. The van der Waals surface area contributed by atoms with Crippen molar-refractivity contribution in [2.45, 2.75) is 0 Å². The maximum absolute atomic E-state index is 13.3. The van der Waals surface area contributed by atoms with Crippen LogP contribution < -0.4 is 4.90 Å². The van der Waals surface area contributed by atoms with Crippen molar-refractivity contribution in [1.82, 2.24) is 4.98 Å². The minimum atomic E-state index is -0.669. The molecule has 2 aromatic heterocycles. The number of nitrogens with zero attached hydrogens (tertiary/aromatic N) is 3. The van der Waals surface area contributed by atoms with Gasteiger partial charge in [-0.3, -0.25) is 9.88 Å². The Morgan fingerprint density at radius 3 is 1.95 bits per heavy atom. The van der Waals surface area contributed by atoms with E-state index >= 15 is 0 Å². The van der Waals surface area contributed by atoms with Crippen LogP contribution in [0.5, 0.6) is 0 Å². The Morgan fingerprint density at radius 1 is 0.750 bits per heavy atom. The molecular formula is C32H25N3O4S. The molecule has 0 aliphatic heterocycles. The Labute approximate surface area is 236 Å². The lowest BCUT2D eigenvalue weighted by Crippen LogP contribution is -2.27. The fourth-order valence-corrected chi connectivity index (χ4v) is 5.47. The number of methoxy groups -OCH3 is 2. The third-order valence-corrected chi connectivity index (χ3v) is 7.18. The number of carbonyl (C=O) groups is 2. The van der Waals surface area contributed by atoms with Crippen molar-refractivity contribution in [1.29, 1.82) is 0 Å². The average molecular weight is 548 g/mol. The first kappa shape index (κ1) is 26.5. The quantitative estimate of drug-likeness (QED) is 0.121. The first-order valence-corrected chi connectivity index (χ1v) is 13.2. The first-order valence-electron chi connectivity index (χ1n) is 12.4. The highest BCUT2D eigenvalue weighted by molar-refractivity contribution is 7.19. The van der Waals surface area contributed by atoms with Gasteiger partial charge in [0.05, 0.1) is 36.7 Å². The van der Waals surface area contributed by atoms with Gasteiger partial charge in [-0.1, -0.05) is 72.8 Å². The molecule has 5 aromatic rings. The van der Waals surface area contributed by atoms with E-state index in [9.17, 15) is 9.59 Å². The molecule has 7 nitrogen and oxygen atoms in total. The van der Waals surface area contributed by atoms with E-state index in [4.69, 9.17) is 14.5 Å². The lowest BCUT2D eigenvalue weighted by atomic mass is 10.0. The number of rotatable bonds is 7. The standard InChI is InChI=1S/C32H25N3O4S/c1-38-31(36)27-26(25-20-12-13-21-33-25)30(40-28(27)32(37)39-2)35(24-18-10-5-11-19-24)29(22-14-6-3-7-15-22)34-23-16-8-4-9-17-23/h3-21H,1-2H3. The number of hydrogen-bond donors (Lipinski definition) is 0. The molecule has 0 atom stereocenters. The molecule has 5 rings (SSSR count). The third kappa shape index (κ3) is 5.39. The summed E-state index contributed by atoms with van der Waals surface area (Å²) in [7, 11) is 2.56. The van der Waals surface area contributed by atoms with E-state index in [1.165, 1.54) is 14.2 Å². The molecule has 40 heavy (non-hydrogen) atoms. The molecule has 198 valence electrons. The normalized spacial score (nSPS) is 11.1. The number of anilines is 2. The Hall–Kier alpha value is -5.08. The average Bonchev–Trinajstić information content (AvgIpc) is 3.42. The van der Waals surface area contributed by atoms with Crippen LogP contribution in [0.4, 0.5) is 16.4 Å². The molecular weight excluding hydrogens is 522 g/mol. The highest BCUT2D eigenvalue weighted by Gasteiger charge is 2.34. The molecule has 0 bridgehead atoms. The summed E-state index contributed by atoms with van der Waals surface area (Å²) in [5.41, 5.74) is 3.36. The summed E-state index contributed by atoms with van der Waals surface area (Å²) in [5, 5.41) is 0.559. The van der Waals surface area contributed by atoms with Gasteiger partial charge in [-0.05, 0) is 36.4 Å². The lowest BCUT2D eigenvalue weighted by Gasteiger charge is -2.27. The van der Waals surface area contributed by atoms with Gasteiger partial charge < -0.3 is 9.47 Å². The molecule has 0 aliphatic carbocycles. The molecule has 3 aromatic carbocycles. The molecule has 2 heterocycles. The van der Waals surface area contributed by atoms with Crippen molar-refractivity contribution < 1.29 is 19.1 Å². The van der Waals surface area contributed by atoms with E-state index in [-0.39, 0.29) is 10.4 Å². The van der Waals surface area contributed by atoms with Gasteiger partial charge in [0.15, 0.2) is 0 Å². The summed E-state index contributed by atoms with van der Waals surface area (Å²) in [6, 6.07) is 34.4. The lowest BCUT2D eigenvalue weighted by molar-refractivity contribution is 0.0561. The van der Waals surface area contributed by atoms with E-state index < -0.39 is 11.9 Å². The van der Waals surface area contributed by atoms with Crippen LogP contribution in [-0.4, -0.2) is 37.0 Å². The van der Waals surface area contributed by atoms with Crippen LogP contribution in [0.2, 0.25) is 0 Å². The second-order valence-corrected chi connectivity index (χ2v) is 9.49. The second-order valence-electron chi connectivity index (χ2n) is 8.49. The number of pyridine rings is 1. The third-order valence-electron chi connectivity index (χ3n) is 6.02. The topological polar surface area (TPSA) is 81.1 Å². The van der Waals surface area contributed by atoms with Crippen LogP contribution >= 0.6 is 11.3 Å². The smallest absolute Gasteiger partial charge is 0.349 e. The maximum Gasteiger partial charge on any atom is 0.349 e. The Kier molecular flexibility index (Phi) is 8.08. The second kappa shape index (κ2) is 12.2. The highest BCUT2D eigenvalue weighted by Crippen LogP contribution is 2.46. The van der Waals surface area contributed by atoms with Gasteiger partial charge in [0.2, 0.25) is 0 Å². The van der Waals surface area contributed by atoms with E-state index in [0.717, 1.165) is 28.3 Å². The van der Waals surface area contributed by atoms with Crippen LogP contribution in [0.3, 0.4) is 0 Å².